The van der Waals surface area contributed by atoms with Gasteiger partial charge in [-0.2, -0.15) is 0 Å². The fourth-order valence-corrected chi connectivity index (χ4v) is 3.22. The molecule has 0 N–H and O–H groups in total. The van der Waals surface area contributed by atoms with Crippen LogP contribution in [0.4, 0.5) is 0 Å². The monoisotopic (exact) mass is 424 g/mol. The first-order chi connectivity index (χ1) is 10.9. The molecule has 22 heavy (non-hydrogen) atoms. The van der Waals surface area contributed by atoms with Crippen LogP contribution in [-0.4, -0.2) is 17.6 Å². The van der Waals surface area contributed by atoms with Crippen molar-refractivity contribution >= 4 is 22.6 Å². The molecule has 0 aliphatic rings. The van der Waals surface area contributed by atoms with Crippen LogP contribution in [-0.2, 0) is 4.74 Å². The maximum atomic E-state index is 5.49. The molecule has 0 bridgehead atoms. The Morgan fingerprint density at radius 1 is 0.500 bits per heavy atom. The lowest BCUT2D eigenvalue weighted by atomic mass is 10.0. The van der Waals surface area contributed by atoms with Crippen LogP contribution in [0.1, 0.15) is 110 Å². The zero-order valence-electron chi connectivity index (χ0n) is 15.2. The first kappa shape index (κ1) is 22.7. The standard InChI is InChI=1S/C20H41IO/c1-2-3-4-5-6-7-8-9-10-11-12-13-14-15-16-17-19-22-20-18-21/h2-20H2,1H3. The van der Waals surface area contributed by atoms with Crippen molar-refractivity contribution in [2.75, 3.05) is 17.6 Å². The highest BCUT2D eigenvalue weighted by Gasteiger charge is 1.94. The van der Waals surface area contributed by atoms with Crippen LogP contribution in [0.15, 0.2) is 0 Å². The number of hydrogen-bond donors (Lipinski definition) is 0. The molecule has 0 saturated heterocycles. The highest BCUT2D eigenvalue weighted by Crippen LogP contribution is 2.13. The van der Waals surface area contributed by atoms with E-state index in [1.807, 2.05) is 0 Å². The van der Waals surface area contributed by atoms with Gasteiger partial charge in [-0.05, 0) is 6.42 Å². The van der Waals surface area contributed by atoms with Gasteiger partial charge in [0.05, 0.1) is 6.61 Å². The molecule has 1 nitrogen and oxygen atoms in total. The van der Waals surface area contributed by atoms with Gasteiger partial charge in [-0.25, -0.2) is 0 Å². The molecule has 0 radical (unpaired) electrons. The first-order valence-corrected chi connectivity index (χ1v) is 11.6. The van der Waals surface area contributed by atoms with Crippen LogP contribution in [0.3, 0.4) is 0 Å². The van der Waals surface area contributed by atoms with E-state index in [9.17, 15) is 0 Å². The molecule has 0 rings (SSSR count). The minimum atomic E-state index is 0.930. The summed E-state index contributed by atoms with van der Waals surface area (Å²) in [5.41, 5.74) is 0. The van der Waals surface area contributed by atoms with Crippen LogP contribution in [0, 0.1) is 0 Å². The number of alkyl halides is 1. The lowest BCUT2D eigenvalue weighted by Crippen LogP contribution is -1.97. The van der Waals surface area contributed by atoms with Gasteiger partial charge in [0.15, 0.2) is 0 Å². The fourth-order valence-electron chi connectivity index (χ4n) is 2.91. The van der Waals surface area contributed by atoms with Gasteiger partial charge in [-0.15, -0.1) is 0 Å². The molecule has 0 aromatic carbocycles. The molecule has 0 aliphatic carbocycles. The molecule has 2 heteroatoms. The van der Waals surface area contributed by atoms with Crippen LogP contribution < -0.4 is 0 Å². The van der Waals surface area contributed by atoms with Crippen LogP contribution in [0.25, 0.3) is 0 Å². The Morgan fingerprint density at radius 2 is 0.864 bits per heavy atom. The number of unbranched alkanes of at least 4 members (excludes halogenated alkanes) is 15. The molecule has 134 valence electrons. The number of halogens is 1. The summed E-state index contributed by atoms with van der Waals surface area (Å²) < 4.78 is 6.62. The zero-order chi connectivity index (χ0) is 16.1. The molecule has 0 aliphatic heterocycles. The van der Waals surface area contributed by atoms with Crippen molar-refractivity contribution < 1.29 is 4.74 Å². The Labute approximate surface area is 154 Å². The minimum Gasteiger partial charge on any atom is -0.381 e. The number of rotatable bonds is 19. The van der Waals surface area contributed by atoms with Crippen LogP contribution in [0.2, 0.25) is 0 Å². The molecule has 0 saturated carbocycles. The molecule has 0 unspecified atom stereocenters. The van der Waals surface area contributed by atoms with E-state index in [1.165, 1.54) is 103 Å². The van der Waals surface area contributed by atoms with Gasteiger partial charge in [0.2, 0.25) is 0 Å². The van der Waals surface area contributed by atoms with E-state index in [1.54, 1.807) is 0 Å². The van der Waals surface area contributed by atoms with Crippen molar-refractivity contribution in [1.82, 2.24) is 0 Å². The van der Waals surface area contributed by atoms with Gasteiger partial charge in [-0.1, -0.05) is 126 Å². The average Bonchev–Trinajstić information content (AvgIpc) is 2.54. The molecular formula is C20H41IO. The summed E-state index contributed by atoms with van der Waals surface area (Å²) in [4.78, 5) is 0. The van der Waals surface area contributed by atoms with E-state index in [0.717, 1.165) is 17.6 Å². The van der Waals surface area contributed by atoms with Crippen molar-refractivity contribution in [3.63, 3.8) is 0 Å². The van der Waals surface area contributed by atoms with Gasteiger partial charge in [0, 0.05) is 11.0 Å². The molecule has 0 atom stereocenters. The second kappa shape index (κ2) is 21.7. The smallest absolute Gasteiger partial charge is 0.0555 e. The topological polar surface area (TPSA) is 9.23 Å². The third kappa shape index (κ3) is 20.7. The van der Waals surface area contributed by atoms with E-state index in [4.69, 9.17) is 4.74 Å². The second-order valence-corrected chi connectivity index (χ2v) is 7.68. The second-order valence-electron chi connectivity index (χ2n) is 6.60. The fraction of sp³-hybridized carbons (Fsp3) is 1.00. The lowest BCUT2D eigenvalue weighted by molar-refractivity contribution is 0.146. The van der Waals surface area contributed by atoms with Crippen molar-refractivity contribution in [3.8, 4) is 0 Å². The molecule has 0 fully saturated rings. The van der Waals surface area contributed by atoms with Gasteiger partial charge in [0.1, 0.15) is 0 Å². The predicted octanol–water partition coefficient (Wildman–Crippen LogP) is 7.70. The third-order valence-corrected chi connectivity index (χ3v) is 4.80. The van der Waals surface area contributed by atoms with E-state index in [0.29, 0.717) is 0 Å². The van der Waals surface area contributed by atoms with Crippen LogP contribution >= 0.6 is 22.6 Å². The molecule has 0 aromatic heterocycles. The number of ether oxygens (including phenoxy) is 1. The summed E-state index contributed by atoms with van der Waals surface area (Å²) >= 11 is 2.37. The zero-order valence-corrected chi connectivity index (χ0v) is 17.4. The molecule has 0 aromatic rings. The van der Waals surface area contributed by atoms with Crippen molar-refractivity contribution in [1.29, 1.82) is 0 Å². The molecular weight excluding hydrogens is 383 g/mol. The third-order valence-electron chi connectivity index (χ3n) is 4.36. The highest BCUT2D eigenvalue weighted by molar-refractivity contribution is 14.1. The Hall–Kier alpha value is 0.690. The molecule has 0 heterocycles. The summed E-state index contributed by atoms with van der Waals surface area (Å²) in [6.45, 7) is 4.20. The average molecular weight is 424 g/mol. The molecule has 0 amide bonds. The summed E-state index contributed by atoms with van der Waals surface area (Å²) in [5.74, 6) is 0. The van der Waals surface area contributed by atoms with Gasteiger partial charge in [-0.3, -0.25) is 0 Å². The SMILES string of the molecule is CCCCCCCCCCCCCCCCCCOCCI. The Morgan fingerprint density at radius 3 is 1.23 bits per heavy atom. The van der Waals surface area contributed by atoms with E-state index in [-0.39, 0.29) is 0 Å². The highest BCUT2D eigenvalue weighted by atomic mass is 127. The minimum absolute atomic E-state index is 0.930. The van der Waals surface area contributed by atoms with Crippen LogP contribution in [0.5, 0.6) is 0 Å². The normalized spacial score (nSPS) is 11.2. The summed E-state index contributed by atoms with van der Waals surface area (Å²) in [5, 5.41) is 0. The van der Waals surface area contributed by atoms with Gasteiger partial charge >= 0.3 is 0 Å². The number of hydrogen-bond acceptors (Lipinski definition) is 1. The van der Waals surface area contributed by atoms with Crippen molar-refractivity contribution in [2.24, 2.45) is 0 Å². The van der Waals surface area contributed by atoms with E-state index >= 15 is 0 Å². The summed E-state index contributed by atoms with van der Waals surface area (Å²) in [6, 6.07) is 0. The van der Waals surface area contributed by atoms with Crippen molar-refractivity contribution in [3.05, 3.63) is 0 Å². The maximum Gasteiger partial charge on any atom is 0.0555 e. The Balaban J connectivity index is 2.91. The van der Waals surface area contributed by atoms with Gasteiger partial charge in [0.25, 0.3) is 0 Å². The lowest BCUT2D eigenvalue weighted by Gasteiger charge is -2.04. The maximum absolute atomic E-state index is 5.49. The summed E-state index contributed by atoms with van der Waals surface area (Å²) in [6.07, 6.45) is 22.9. The van der Waals surface area contributed by atoms with Gasteiger partial charge < -0.3 is 4.74 Å². The quantitative estimate of drug-likeness (QED) is 0.117. The predicted molar refractivity (Wildman–Crippen MR) is 109 cm³/mol. The Kier molecular flexibility index (Phi) is 22.4. The Bertz CT molecular complexity index is 165. The summed E-state index contributed by atoms with van der Waals surface area (Å²) in [7, 11) is 0. The van der Waals surface area contributed by atoms with E-state index in [2.05, 4.69) is 29.5 Å². The largest absolute Gasteiger partial charge is 0.381 e. The van der Waals surface area contributed by atoms with Crippen molar-refractivity contribution in [2.45, 2.75) is 110 Å². The first-order valence-electron chi connectivity index (χ1n) is 10.1. The molecule has 0 spiro atoms. The van der Waals surface area contributed by atoms with E-state index < -0.39 is 0 Å².